The Labute approximate surface area is 101 Å². The van der Waals surface area contributed by atoms with Crippen LogP contribution in [0, 0.1) is 6.92 Å². The highest BCUT2D eigenvalue weighted by Crippen LogP contribution is 2.41. The Morgan fingerprint density at radius 1 is 1.00 bits per heavy atom. The molecule has 0 N–H and O–H groups in total. The molecule has 1 rings (SSSR count). The first-order chi connectivity index (χ1) is 7.33. The zero-order valence-corrected chi connectivity index (χ0v) is 12.8. The van der Waals surface area contributed by atoms with E-state index in [1.807, 2.05) is 6.20 Å². The van der Waals surface area contributed by atoms with E-state index in [0.29, 0.717) is 16.6 Å². The summed E-state index contributed by atoms with van der Waals surface area (Å²) in [5.74, 6) is 0. The minimum atomic E-state index is -1.58. The van der Waals surface area contributed by atoms with Gasteiger partial charge in [-0.2, -0.15) is 5.10 Å². The predicted molar refractivity (Wildman–Crippen MR) is 73.4 cm³/mol. The van der Waals surface area contributed by atoms with Crippen molar-refractivity contribution in [2.45, 2.75) is 65.1 Å². The molecule has 2 nitrogen and oxygen atoms in total. The zero-order chi connectivity index (χ0) is 12.5. The molecule has 1 aromatic rings. The van der Waals surface area contributed by atoms with Crippen molar-refractivity contribution in [1.29, 1.82) is 0 Å². The van der Waals surface area contributed by atoms with E-state index in [4.69, 9.17) is 0 Å². The lowest BCUT2D eigenvalue weighted by molar-refractivity contribution is 0.725. The summed E-state index contributed by atoms with van der Waals surface area (Å²) >= 11 is 0. The van der Waals surface area contributed by atoms with Gasteiger partial charge in [0.2, 0.25) is 0 Å². The first-order valence-electron chi connectivity index (χ1n) is 6.35. The molecule has 0 unspecified atom stereocenters. The number of rotatable bonds is 4. The molecule has 0 bridgehead atoms. The maximum atomic E-state index is 4.63. The summed E-state index contributed by atoms with van der Waals surface area (Å²) in [6.45, 7) is 16.3. The van der Waals surface area contributed by atoms with Crippen LogP contribution in [0.25, 0.3) is 0 Å². The van der Waals surface area contributed by atoms with E-state index in [0.717, 1.165) is 0 Å². The van der Waals surface area contributed by atoms with Crippen LogP contribution in [0.2, 0.25) is 16.6 Å². The topological polar surface area (TPSA) is 17.8 Å². The van der Waals surface area contributed by atoms with Crippen molar-refractivity contribution in [2.24, 2.45) is 0 Å². The van der Waals surface area contributed by atoms with E-state index in [9.17, 15) is 0 Å². The highest BCUT2D eigenvalue weighted by molar-refractivity contribution is 6.81. The summed E-state index contributed by atoms with van der Waals surface area (Å²) in [6.07, 6.45) is 4.24. The summed E-state index contributed by atoms with van der Waals surface area (Å²) in [4.78, 5) is 0. The summed E-state index contributed by atoms with van der Waals surface area (Å²) in [5, 5.41) is 4.63. The van der Waals surface area contributed by atoms with Crippen molar-refractivity contribution in [3.8, 4) is 0 Å². The first kappa shape index (κ1) is 13.5. The normalized spacial score (nSPS) is 13.1. The van der Waals surface area contributed by atoms with Gasteiger partial charge in [0.1, 0.15) is 0 Å². The molecule has 0 aliphatic rings. The van der Waals surface area contributed by atoms with Gasteiger partial charge >= 0.3 is 0 Å². The number of nitrogens with zero attached hydrogens (tertiary/aromatic N) is 2. The first-order valence-corrected chi connectivity index (χ1v) is 8.53. The van der Waals surface area contributed by atoms with Crippen LogP contribution in [0.1, 0.15) is 47.1 Å². The fourth-order valence-electron chi connectivity index (χ4n) is 3.42. The van der Waals surface area contributed by atoms with Crippen LogP contribution in [0.15, 0.2) is 12.4 Å². The third-order valence-corrected chi connectivity index (χ3v) is 10.5. The van der Waals surface area contributed by atoms with Crippen LogP contribution in [0.3, 0.4) is 0 Å². The lowest BCUT2D eigenvalue weighted by Crippen LogP contribution is -2.52. The molecule has 0 aromatic carbocycles. The van der Waals surface area contributed by atoms with E-state index in [2.05, 4.69) is 64.1 Å². The lowest BCUT2D eigenvalue weighted by atomic mass is 10.4. The Bertz CT molecular complexity index is 318. The zero-order valence-electron chi connectivity index (χ0n) is 11.8. The quantitative estimate of drug-likeness (QED) is 0.718. The van der Waals surface area contributed by atoms with Gasteiger partial charge in [-0.1, -0.05) is 41.5 Å². The van der Waals surface area contributed by atoms with Gasteiger partial charge in [-0.3, -0.25) is 0 Å². The van der Waals surface area contributed by atoms with Gasteiger partial charge in [0.05, 0.1) is 6.20 Å². The molecule has 0 saturated heterocycles. The molecule has 0 radical (unpaired) electrons. The molecule has 0 aliphatic carbocycles. The van der Waals surface area contributed by atoms with Gasteiger partial charge in [0.15, 0.2) is 8.24 Å². The number of aryl methyl sites for hydroxylation is 1. The molecule has 0 fully saturated rings. The Hall–Kier alpha value is -0.573. The molecule has 16 heavy (non-hydrogen) atoms. The van der Waals surface area contributed by atoms with E-state index in [-0.39, 0.29) is 0 Å². The average molecular weight is 238 g/mol. The summed E-state index contributed by atoms with van der Waals surface area (Å²) in [7, 11) is -1.58. The van der Waals surface area contributed by atoms with E-state index in [1.165, 1.54) is 5.56 Å². The van der Waals surface area contributed by atoms with Crippen LogP contribution in [-0.2, 0) is 0 Å². The summed E-state index contributed by atoms with van der Waals surface area (Å²) in [5.41, 5.74) is 3.42. The second-order valence-electron chi connectivity index (χ2n) is 5.81. The molecular formula is C13H26N2Si. The number of hydrogen-bond donors (Lipinski definition) is 0. The standard InChI is InChI=1S/C13H26N2Si/c1-10(2)16(11(3)4,12(5)6)15-9-13(7)8-14-15/h8-12H,1-7H3. The third-order valence-electron chi connectivity index (χ3n) is 3.88. The highest BCUT2D eigenvalue weighted by atomic mass is 28.3. The fourth-order valence-corrected chi connectivity index (χ4v) is 9.69. The van der Waals surface area contributed by atoms with Crippen LogP contribution in [-0.4, -0.2) is 17.7 Å². The summed E-state index contributed by atoms with van der Waals surface area (Å²) in [6, 6.07) is 0. The van der Waals surface area contributed by atoms with Gasteiger partial charge in [-0.05, 0) is 29.1 Å². The van der Waals surface area contributed by atoms with Crippen LogP contribution < -0.4 is 0 Å². The highest BCUT2D eigenvalue weighted by Gasteiger charge is 2.46. The molecule has 1 heterocycles. The molecule has 92 valence electrons. The van der Waals surface area contributed by atoms with E-state index in [1.54, 1.807) is 0 Å². The third kappa shape index (κ3) is 1.97. The summed E-state index contributed by atoms with van der Waals surface area (Å²) < 4.78 is 2.34. The lowest BCUT2D eigenvalue weighted by Gasteiger charge is -2.42. The SMILES string of the molecule is Cc1cnn([Si](C(C)C)(C(C)C)C(C)C)c1. The Balaban J connectivity index is 3.33. The smallest absolute Gasteiger partial charge is 0.192 e. The second kappa shape index (κ2) is 4.74. The molecule has 0 spiro atoms. The Kier molecular flexibility index (Phi) is 4.00. The van der Waals surface area contributed by atoms with Crippen LogP contribution in [0.4, 0.5) is 0 Å². The van der Waals surface area contributed by atoms with Crippen molar-refractivity contribution < 1.29 is 0 Å². The minimum Gasteiger partial charge on any atom is -0.300 e. The van der Waals surface area contributed by atoms with Gasteiger partial charge in [-0.15, -0.1) is 0 Å². The largest absolute Gasteiger partial charge is 0.300 e. The van der Waals surface area contributed by atoms with Gasteiger partial charge in [0, 0.05) is 6.20 Å². The Morgan fingerprint density at radius 2 is 1.44 bits per heavy atom. The van der Waals surface area contributed by atoms with Crippen molar-refractivity contribution >= 4 is 8.24 Å². The second-order valence-corrected chi connectivity index (χ2v) is 11.5. The maximum Gasteiger partial charge on any atom is 0.192 e. The van der Waals surface area contributed by atoms with Crippen molar-refractivity contribution in [3.63, 3.8) is 0 Å². The van der Waals surface area contributed by atoms with E-state index >= 15 is 0 Å². The monoisotopic (exact) mass is 238 g/mol. The van der Waals surface area contributed by atoms with Crippen molar-refractivity contribution in [3.05, 3.63) is 18.0 Å². The minimum absolute atomic E-state index is 0.715. The predicted octanol–water partition coefficient (Wildman–Crippen LogP) is 4.22. The van der Waals surface area contributed by atoms with E-state index < -0.39 is 8.24 Å². The van der Waals surface area contributed by atoms with Crippen LogP contribution in [0.5, 0.6) is 0 Å². The van der Waals surface area contributed by atoms with Crippen LogP contribution >= 0.6 is 0 Å². The van der Waals surface area contributed by atoms with Crippen molar-refractivity contribution in [2.75, 3.05) is 0 Å². The molecule has 3 heteroatoms. The fraction of sp³-hybridized carbons (Fsp3) is 0.769. The maximum absolute atomic E-state index is 4.63. The van der Waals surface area contributed by atoms with Gasteiger partial charge in [0.25, 0.3) is 0 Å². The molecule has 0 amide bonds. The Morgan fingerprint density at radius 3 is 1.69 bits per heavy atom. The number of aromatic nitrogens is 2. The van der Waals surface area contributed by atoms with Gasteiger partial charge in [-0.25, -0.2) is 0 Å². The molecule has 0 saturated carbocycles. The molecule has 1 aromatic heterocycles. The molecular weight excluding hydrogens is 212 g/mol. The molecule has 0 aliphatic heterocycles. The number of hydrogen-bond acceptors (Lipinski definition) is 1. The molecule has 0 atom stereocenters. The van der Waals surface area contributed by atoms with Crippen molar-refractivity contribution in [1.82, 2.24) is 9.45 Å². The van der Waals surface area contributed by atoms with Gasteiger partial charge < -0.3 is 4.35 Å². The average Bonchev–Trinajstić information content (AvgIpc) is 2.50.